The third-order valence-corrected chi connectivity index (χ3v) is 5.12. The van der Waals surface area contributed by atoms with Crippen molar-refractivity contribution in [2.75, 3.05) is 0 Å². The van der Waals surface area contributed by atoms with E-state index in [2.05, 4.69) is 33.0 Å². The Balaban J connectivity index is 2.02. The van der Waals surface area contributed by atoms with E-state index in [1.54, 1.807) is 4.90 Å². The molecule has 0 aromatic rings. The number of nitrogens with one attached hydrogen (secondary N) is 1. The highest BCUT2D eigenvalue weighted by Gasteiger charge is 2.43. The molecule has 21 heavy (non-hydrogen) atoms. The minimum atomic E-state index is -0.324. The molecule has 0 bridgehead atoms. The van der Waals surface area contributed by atoms with Crippen LogP contribution in [0.1, 0.15) is 72.6 Å². The van der Waals surface area contributed by atoms with Crippen LogP contribution < -0.4 is 5.32 Å². The molecule has 0 aromatic heterocycles. The van der Waals surface area contributed by atoms with Crippen LogP contribution in [0.15, 0.2) is 0 Å². The number of hydrogen-bond acceptors (Lipinski definition) is 3. The maximum Gasteiger partial charge on any atom is 0.247 e. The average Bonchev–Trinajstić information content (AvgIpc) is 2.60. The van der Waals surface area contributed by atoms with Gasteiger partial charge >= 0.3 is 0 Å². The summed E-state index contributed by atoms with van der Waals surface area (Å²) in [6.45, 7) is 8.53. The molecule has 120 valence electrons. The lowest BCUT2D eigenvalue weighted by molar-refractivity contribution is -0.142. The minimum absolute atomic E-state index is 0.00278. The number of hydrogen-bond donors (Lipinski definition) is 1. The minimum Gasteiger partial charge on any atom is -0.302 e. The summed E-state index contributed by atoms with van der Waals surface area (Å²) in [4.78, 5) is 26.5. The first kappa shape index (κ1) is 16.5. The molecule has 4 heteroatoms. The summed E-state index contributed by atoms with van der Waals surface area (Å²) in [5.41, 5.74) is 0.0824. The summed E-state index contributed by atoms with van der Waals surface area (Å²) in [5.74, 6) is 0.0218. The second kappa shape index (κ2) is 6.47. The molecule has 1 heterocycles. The summed E-state index contributed by atoms with van der Waals surface area (Å²) >= 11 is 0. The highest BCUT2D eigenvalue weighted by Crippen LogP contribution is 2.28. The summed E-state index contributed by atoms with van der Waals surface area (Å²) in [5, 5.41) is 3.37. The molecule has 0 spiro atoms. The lowest BCUT2D eigenvalue weighted by Gasteiger charge is -2.31. The Morgan fingerprint density at radius 2 is 1.67 bits per heavy atom. The maximum absolute atomic E-state index is 12.6. The van der Waals surface area contributed by atoms with Crippen LogP contribution in [0.25, 0.3) is 0 Å². The Kier molecular flexibility index (Phi) is 5.07. The number of rotatable bonds is 3. The van der Waals surface area contributed by atoms with Crippen molar-refractivity contribution in [1.29, 1.82) is 0 Å². The second-order valence-electron chi connectivity index (χ2n) is 7.76. The van der Waals surface area contributed by atoms with E-state index >= 15 is 0 Å². The van der Waals surface area contributed by atoms with E-state index in [0.29, 0.717) is 6.42 Å². The van der Waals surface area contributed by atoms with E-state index in [-0.39, 0.29) is 35.4 Å². The molecular weight excluding hydrogens is 264 g/mol. The quantitative estimate of drug-likeness (QED) is 0.643. The van der Waals surface area contributed by atoms with E-state index in [4.69, 9.17) is 0 Å². The molecule has 1 aliphatic carbocycles. The van der Waals surface area contributed by atoms with E-state index < -0.39 is 0 Å². The summed E-state index contributed by atoms with van der Waals surface area (Å²) < 4.78 is 0. The Hall–Kier alpha value is -0.900. The molecule has 0 radical (unpaired) electrons. The predicted octanol–water partition coefficient (Wildman–Crippen LogP) is 2.86. The molecule has 2 atom stereocenters. The van der Waals surface area contributed by atoms with Gasteiger partial charge in [-0.15, -0.1) is 0 Å². The lowest BCUT2D eigenvalue weighted by atomic mass is 9.87. The highest BCUT2D eigenvalue weighted by molar-refractivity contribution is 6.05. The van der Waals surface area contributed by atoms with Crippen LogP contribution in [0.4, 0.5) is 0 Å². The molecule has 2 unspecified atom stereocenters. The monoisotopic (exact) mass is 294 g/mol. The molecule has 1 saturated carbocycles. The molecule has 2 fully saturated rings. The Morgan fingerprint density at radius 3 is 2.19 bits per heavy atom. The first-order valence-corrected chi connectivity index (χ1v) is 8.42. The molecule has 2 amide bonds. The SMILES string of the molecule is CC(NC1CC(=O)N(C2CCCCCC2)C1=O)C(C)(C)C. The summed E-state index contributed by atoms with van der Waals surface area (Å²) in [7, 11) is 0. The number of likely N-dealkylation sites (tertiary alicyclic amines) is 1. The van der Waals surface area contributed by atoms with Gasteiger partial charge in [0, 0.05) is 12.1 Å². The van der Waals surface area contributed by atoms with Gasteiger partial charge in [-0.1, -0.05) is 46.5 Å². The van der Waals surface area contributed by atoms with Crippen molar-refractivity contribution in [3.8, 4) is 0 Å². The zero-order chi connectivity index (χ0) is 15.6. The molecule has 0 aromatic carbocycles. The van der Waals surface area contributed by atoms with Crippen LogP contribution in [0, 0.1) is 5.41 Å². The van der Waals surface area contributed by atoms with E-state index in [9.17, 15) is 9.59 Å². The van der Waals surface area contributed by atoms with Gasteiger partial charge in [-0.25, -0.2) is 0 Å². The predicted molar refractivity (Wildman–Crippen MR) is 83.8 cm³/mol. The first-order chi connectivity index (χ1) is 9.80. The molecule has 4 nitrogen and oxygen atoms in total. The number of amides is 2. The lowest BCUT2D eigenvalue weighted by Crippen LogP contribution is -2.49. The van der Waals surface area contributed by atoms with E-state index in [0.717, 1.165) is 25.7 Å². The fourth-order valence-electron chi connectivity index (χ4n) is 3.23. The van der Waals surface area contributed by atoms with Gasteiger partial charge in [0.05, 0.1) is 12.5 Å². The fourth-order valence-corrected chi connectivity index (χ4v) is 3.23. The zero-order valence-electron chi connectivity index (χ0n) is 13.9. The van der Waals surface area contributed by atoms with Crippen LogP contribution in [0.2, 0.25) is 0 Å². The van der Waals surface area contributed by atoms with Crippen LogP contribution in [0.5, 0.6) is 0 Å². The standard InChI is InChI=1S/C17H30N2O2/c1-12(17(2,3)4)18-14-11-15(20)19(16(14)21)13-9-7-5-6-8-10-13/h12-14,18H,5-11H2,1-4H3. The van der Waals surface area contributed by atoms with Crippen molar-refractivity contribution in [1.82, 2.24) is 10.2 Å². The number of carbonyl (C=O) groups excluding carboxylic acids is 2. The Labute approximate surface area is 128 Å². The summed E-state index contributed by atoms with van der Waals surface area (Å²) in [6.07, 6.45) is 7.04. The van der Waals surface area contributed by atoms with Gasteiger partial charge in [-0.2, -0.15) is 0 Å². The number of nitrogens with zero attached hydrogens (tertiary/aromatic N) is 1. The van der Waals surface area contributed by atoms with Crippen molar-refractivity contribution in [2.24, 2.45) is 5.41 Å². The van der Waals surface area contributed by atoms with Gasteiger partial charge in [-0.05, 0) is 25.2 Å². The molecule has 1 saturated heterocycles. The van der Waals surface area contributed by atoms with Gasteiger partial charge in [0.25, 0.3) is 0 Å². The van der Waals surface area contributed by atoms with E-state index in [1.807, 2.05) is 0 Å². The van der Waals surface area contributed by atoms with Gasteiger partial charge in [-0.3, -0.25) is 14.5 Å². The second-order valence-corrected chi connectivity index (χ2v) is 7.76. The largest absolute Gasteiger partial charge is 0.302 e. The van der Waals surface area contributed by atoms with Crippen LogP contribution >= 0.6 is 0 Å². The molecule has 2 aliphatic rings. The smallest absolute Gasteiger partial charge is 0.247 e. The zero-order valence-corrected chi connectivity index (χ0v) is 13.9. The van der Waals surface area contributed by atoms with Gasteiger partial charge in [0.1, 0.15) is 0 Å². The van der Waals surface area contributed by atoms with Crippen molar-refractivity contribution < 1.29 is 9.59 Å². The number of carbonyl (C=O) groups is 2. The molecule has 1 N–H and O–H groups in total. The topological polar surface area (TPSA) is 49.4 Å². The van der Waals surface area contributed by atoms with Gasteiger partial charge in [0.15, 0.2) is 0 Å². The van der Waals surface area contributed by atoms with Crippen LogP contribution in [0.3, 0.4) is 0 Å². The normalized spacial score (nSPS) is 27.0. The first-order valence-electron chi connectivity index (χ1n) is 8.42. The van der Waals surface area contributed by atoms with Crippen molar-refractivity contribution in [3.63, 3.8) is 0 Å². The van der Waals surface area contributed by atoms with Crippen molar-refractivity contribution in [3.05, 3.63) is 0 Å². The van der Waals surface area contributed by atoms with Crippen LogP contribution in [-0.2, 0) is 9.59 Å². The Bertz CT molecular complexity index is 392. The maximum atomic E-state index is 12.6. The molecule has 1 aliphatic heterocycles. The number of imide groups is 1. The van der Waals surface area contributed by atoms with Crippen LogP contribution in [-0.4, -0.2) is 34.8 Å². The van der Waals surface area contributed by atoms with Gasteiger partial charge in [0.2, 0.25) is 11.8 Å². The van der Waals surface area contributed by atoms with Crippen molar-refractivity contribution >= 4 is 11.8 Å². The fraction of sp³-hybridized carbons (Fsp3) is 0.882. The highest BCUT2D eigenvalue weighted by atomic mass is 16.2. The van der Waals surface area contributed by atoms with Gasteiger partial charge < -0.3 is 5.32 Å². The third kappa shape index (κ3) is 3.85. The van der Waals surface area contributed by atoms with Crippen molar-refractivity contribution in [2.45, 2.75) is 90.8 Å². The van der Waals surface area contributed by atoms with E-state index in [1.165, 1.54) is 12.8 Å². The molecular formula is C17H30N2O2. The molecule has 2 rings (SSSR count). The Morgan fingerprint density at radius 1 is 1.10 bits per heavy atom. The summed E-state index contributed by atoms with van der Waals surface area (Å²) in [6, 6.07) is 0.0209. The third-order valence-electron chi connectivity index (χ3n) is 5.12. The average molecular weight is 294 g/mol.